The van der Waals surface area contributed by atoms with Gasteiger partial charge in [-0.15, -0.1) is 0 Å². The highest BCUT2D eigenvalue weighted by molar-refractivity contribution is 5.93. The van der Waals surface area contributed by atoms with Crippen molar-refractivity contribution in [1.82, 2.24) is 4.57 Å². The van der Waals surface area contributed by atoms with Crippen LogP contribution in [0.3, 0.4) is 0 Å². The number of aromatic nitrogens is 1. The number of carbonyl (C=O) groups is 1. The van der Waals surface area contributed by atoms with Gasteiger partial charge in [0, 0.05) is 5.39 Å². The summed E-state index contributed by atoms with van der Waals surface area (Å²) in [6.07, 6.45) is 0.565. The first-order chi connectivity index (χ1) is 10.8. The minimum Gasteiger partial charge on any atom is -0.495 e. The second kappa shape index (κ2) is 5.85. The van der Waals surface area contributed by atoms with Crippen LogP contribution in [-0.2, 0) is 6.54 Å². The quantitative estimate of drug-likeness (QED) is 0.695. The van der Waals surface area contributed by atoms with Gasteiger partial charge in [0.2, 0.25) is 0 Å². The minimum atomic E-state index is -0.339. The van der Waals surface area contributed by atoms with Crippen molar-refractivity contribution in [3.63, 3.8) is 0 Å². The van der Waals surface area contributed by atoms with Crippen molar-refractivity contribution in [2.24, 2.45) is 0 Å². The minimum absolute atomic E-state index is 0.0529. The highest BCUT2D eigenvalue weighted by Crippen LogP contribution is 2.26. The van der Waals surface area contributed by atoms with E-state index in [4.69, 9.17) is 4.74 Å². The van der Waals surface area contributed by atoms with E-state index in [9.17, 15) is 9.59 Å². The molecule has 110 valence electrons. The molecule has 0 aliphatic rings. The van der Waals surface area contributed by atoms with Crippen LogP contribution in [0.1, 0.15) is 15.9 Å². The third-order valence-electron chi connectivity index (χ3n) is 3.67. The monoisotopic (exact) mass is 293 g/mol. The second-order valence-electron chi connectivity index (χ2n) is 4.96. The second-order valence-corrected chi connectivity index (χ2v) is 4.96. The van der Waals surface area contributed by atoms with Crippen LogP contribution in [-0.4, -0.2) is 18.0 Å². The van der Waals surface area contributed by atoms with E-state index in [-0.39, 0.29) is 11.1 Å². The molecule has 3 aromatic rings. The highest BCUT2D eigenvalue weighted by Gasteiger charge is 2.16. The van der Waals surface area contributed by atoms with Gasteiger partial charge < -0.3 is 9.30 Å². The van der Waals surface area contributed by atoms with Gasteiger partial charge in [0.1, 0.15) is 11.3 Å². The van der Waals surface area contributed by atoms with Gasteiger partial charge in [-0.1, -0.05) is 42.5 Å². The fraction of sp³-hybridized carbons (Fsp3) is 0.111. The topological polar surface area (TPSA) is 48.3 Å². The molecule has 0 bridgehead atoms. The molecule has 0 radical (unpaired) electrons. The standard InChI is InChI=1S/C18H15NO3/c1-22-17-14-9-5-6-10-16(14)19(18(21)15(17)12-20)11-13-7-3-2-4-8-13/h2-10,12H,11H2,1H3. The highest BCUT2D eigenvalue weighted by atomic mass is 16.5. The molecule has 3 rings (SSSR count). The number of para-hydroxylation sites is 1. The van der Waals surface area contributed by atoms with E-state index in [0.29, 0.717) is 18.6 Å². The Balaban J connectivity index is 2.32. The lowest BCUT2D eigenvalue weighted by Crippen LogP contribution is -2.25. The normalized spacial score (nSPS) is 10.6. The molecule has 1 heterocycles. The number of rotatable bonds is 4. The molecule has 0 fully saturated rings. The number of hydrogen-bond donors (Lipinski definition) is 0. The third-order valence-corrected chi connectivity index (χ3v) is 3.67. The third kappa shape index (κ3) is 2.29. The predicted octanol–water partition coefficient (Wildman–Crippen LogP) is 2.87. The average Bonchev–Trinajstić information content (AvgIpc) is 2.57. The van der Waals surface area contributed by atoms with Crippen molar-refractivity contribution in [2.75, 3.05) is 7.11 Å². The maximum Gasteiger partial charge on any atom is 0.265 e. The number of nitrogens with zero attached hydrogens (tertiary/aromatic N) is 1. The maximum atomic E-state index is 12.6. The molecule has 0 saturated carbocycles. The van der Waals surface area contributed by atoms with E-state index >= 15 is 0 Å². The summed E-state index contributed by atoms with van der Waals surface area (Å²) in [5.41, 5.74) is 1.46. The largest absolute Gasteiger partial charge is 0.495 e. The molecule has 0 spiro atoms. The van der Waals surface area contributed by atoms with Crippen LogP contribution in [0.25, 0.3) is 10.9 Å². The first kappa shape index (κ1) is 14.1. The first-order valence-corrected chi connectivity index (χ1v) is 6.95. The molecule has 0 N–H and O–H groups in total. The van der Waals surface area contributed by atoms with E-state index in [0.717, 1.165) is 16.5 Å². The van der Waals surface area contributed by atoms with Crippen LogP contribution in [0.2, 0.25) is 0 Å². The molecule has 0 atom stereocenters. The lowest BCUT2D eigenvalue weighted by atomic mass is 10.1. The van der Waals surface area contributed by atoms with E-state index in [2.05, 4.69) is 0 Å². The Kier molecular flexibility index (Phi) is 3.74. The Morgan fingerprint density at radius 3 is 2.41 bits per heavy atom. The number of carbonyl (C=O) groups excluding carboxylic acids is 1. The number of ether oxygens (including phenoxy) is 1. The summed E-state index contributed by atoms with van der Waals surface area (Å²) < 4.78 is 6.90. The molecular formula is C18H15NO3. The van der Waals surface area contributed by atoms with Crippen molar-refractivity contribution in [1.29, 1.82) is 0 Å². The van der Waals surface area contributed by atoms with Crippen molar-refractivity contribution >= 4 is 17.2 Å². The van der Waals surface area contributed by atoms with Gasteiger partial charge in [-0.05, 0) is 17.7 Å². The van der Waals surface area contributed by atoms with Crippen molar-refractivity contribution in [3.8, 4) is 5.75 Å². The Morgan fingerprint density at radius 2 is 1.73 bits per heavy atom. The van der Waals surface area contributed by atoms with Gasteiger partial charge in [-0.2, -0.15) is 0 Å². The Hall–Kier alpha value is -2.88. The lowest BCUT2D eigenvalue weighted by molar-refractivity contribution is 0.111. The number of benzene rings is 2. The number of methoxy groups -OCH3 is 1. The predicted molar refractivity (Wildman–Crippen MR) is 85.7 cm³/mol. The number of pyridine rings is 1. The summed E-state index contributed by atoms with van der Waals surface area (Å²) in [6, 6.07) is 17.1. The zero-order chi connectivity index (χ0) is 15.5. The Labute approximate surface area is 127 Å². The molecule has 4 nitrogen and oxygen atoms in total. The fourth-order valence-electron chi connectivity index (χ4n) is 2.64. The van der Waals surface area contributed by atoms with Crippen LogP contribution in [0.4, 0.5) is 0 Å². The zero-order valence-electron chi connectivity index (χ0n) is 12.2. The van der Waals surface area contributed by atoms with E-state index in [1.165, 1.54) is 7.11 Å². The summed E-state index contributed by atoms with van der Waals surface area (Å²) >= 11 is 0. The molecule has 0 amide bonds. The van der Waals surface area contributed by atoms with E-state index in [1.807, 2.05) is 54.6 Å². The van der Waals surface area contributed by atoms with Crippen LogP contribution < -0.4 is 10.3 Å². The van der Waals surface area contributed by atoms with Crippen LogP contribution in [0.5, 0.6) is 5.75 Å². The van der Waals surface area contributed by atoms with Gasteiger partial charge >= 0.3 is 0 Å². The molecule has 2 aromatic carbocycles. The SMILES string of the molecule is COc1c(C=O)c(=O)n(Cc2ccccc2)c2ccccc12. The van der Waals surface area contributed by atoms with Crippen LogP contribution in [0.15, 0.2) is 59.4 Å². The Bertz CT molecular complexity index is 882. The summed E-state index contributed by atoms with van der Waals surface area (Å²) in [6.45, 7) is 0.408. The lowest BCUT2D eigenvalue weighted by Gasteiger charge is -2.15. The van der Waals surface area contributed by atoms with E-state index < -0.39 is 0 Å². The van der Waals surface area contributed by atoms with E-state index in [1.54, 1.807) is 4.57 Å². The smallest absolute Gasteiger partial charge is 0.265 e. The summed E-state index contributed by atoms with van der Waals surface area (Å²) in [5.74, 6) is 0.333. The maximum absolute atomic E-state index is 12.6. The van der Waals surface area contributed by atoms with Crippen molar-refractivity contribution in [3.05, 3.63) is 76.1 Å². The summed E-state index contributed by atoms with van der Waals surface area (Å²) in [5, 5.41) is 0.752. The Morgan fingerprint density at radius 1 is 1.05 bits per heavy atom. The average molecular weight is 293 g/mol. The molecule has 1 aromatic heterocycles. The number of hydrogen-bond acceptors (Lipinski definition) is 3. The van der Waals surface area contributed by atoms with Crippen LogP contribution in [0, 0.1) is 0 Å². The molecule has 0 aliphatic carbocycles. The number of fused-ring (bicyclic) bond motifs is 1. The molecule has 4 heteroatoms. The molecular weight excluding hydrogens is 278 g/mol. The number of aldehydes is 1. The molecule has 0 saturated heterocycles. The molecule has 22 heavy (non-hydrogen) atoms. The first-order valence-electron chi connectivity index (χ1n) is 6.95. The fourth-order valence-corrected chi connectivity index (χ4v) is 2.64. The summed E-state index contributed by atoms with van der Waals surface area (Å²) in [4.78, 5) is 24.0. The van der Waals surface area contributed by atoms with Crippen molar-refractivity contribution in [2.45, 2.75) is 6.54 Å². The van der Waals surface area contributed by atoms with Gasteiger partial charge in [0.15, 0.2) is 6.29 Å². The van der Waals surface area contributed by atoms with Crippen molar-refractivity contribution < 1.29 is 9.53 Å². The summed E-state index contributed by atoms with van der Waals surface area (Å²) in [7, 11) is 1.47. The van der Waals surface area contributed by atoms with Gasteiger partial charge in [0.05, 0.1) is 19.2 Å². The van der Waals surface area contributed by atoms with Gasteiger partial charge in [-0.3, -0.25) is 9.59 Å². The van der Waals surface area contributed by atoms with Crippen LogP contribution >= 0.6 is 0 Å². The van der Waals surface area contributed by atoms with Gasteiger partial charge in [0.25, 0.3) is 5.56 Å². The molecule has 0 aliphatic heterocycles. The zero-order valence-corrected chi connectivity index (χ0v) is 12.2. The van der Waals surface area contributed by atoms with Gasteiger partial charge in [-0.25, -0.2) is 0 Å². The molecule has 0 unspecified atom stereocenters.